The van der Waals surface area contributed by atoms with Crippen LogP contribution >= 0.6 is 11.6 Å². The average Bonchev–Trinajstić information content (AvgIpc) is 2.81. The highest BCUT2D eigenvalue weighted by molar-refractivity contribution is 6.30. The quantitative estimate of drug-likeness (QED) is 0.568. The van der Waals surface area contributed by atoms with E-state index in [2.05, 4.69) is 5.32 Å². The monoisotopic (exact) mass is 481 g/mol. The van der Waals surface area contributed by atoms with Crippen molar-refractivity contribution < 1.29 is 28.6 Å². The topological polar surface area (TPSA) is 112 Å². The summed E-state index contributed by atoms with van der Waals surface area (Å²) in [5.74, 6) is -4.29. The number of halogens is 3. The number of aliphatic hydroxyl groups excluding tert-OH is 1. The van der Waals surface area contributed by atoms with Crippen molar-refractivity contribution in [2.24, 2.45) is 0 Å². The lowest BCUT2D eigenvalue weighted by molar-refractivity contribution is 0.0369. The molecule has 2 atom stereocenters. The molecule has 1 aromatic heterocycles. The molecule has 2 aliphatic rings. The van der Waals surface area contributed by atoms with Crippen LogP contribution in [0.25, 0.3) is 0 Å². The van der Waals surface area contributed by atoms with Gasteiger partial charge in [0.25, 0.3) is 11.8 Å². The number of carbonyl (C=O) groups excluding carboxylic acids is 2. The van der Waals surface area contributed by atoms with Crippen molar-refractivity contribution >= 4 is 23.4 Å². The molecular weight excluding hydrogens is 460 g/mol. The Morgan fingerprint density at radius 1 is 1.18 bits per heavy atom. The molecule has 0 radical (unpaired) electrons. The zero-order valence-electron chi connectivity index (χ0n) is 17.5. The summed E-state index contributed by atoms with van der Waals surface area (Å²) in [5, 5.41) is 21.6. The molecule has 4 rings (SSSR count). The number of hydrogen-bond donors (Lipinski definition) is 3. The molecule has 0 bridgehead atoms. The molecule has 1 saturated carbocycles. The Morgan fingerprint density at radius 2 is 1.88 bits per heavy atom. The predicted octanol–water partition coefficient (Wildman–Crippen LogP) is 2.35. The first-order valence-electron chi connectivity index (χ1n) is 10.6. The normalized spacial score (nSPS) is 19.8. The number of fused-ring (bicyclic) bond motifs is 3. The van der Waals surface area contributed by atoms with E-state index in [-0.39, 0.29) is 43.0 Å². The molecule has 33 heavy (non-hydrogen) atoms. The van der Waals surface area contributed by atoms with E-state index in [0.717, 1.165) is 25.0 Å². The summed E-state index contributed by atoms with van der Waals surface area (Å²) in [7, 11) is 0. The van der Waals surface area contributed by atoms with E-state index in [9.17, 15) is 33.4 Å². The number of benzene rings is 1. The number of nitrogens with zero attached hydrogens (tertiary/aromatic N) is 2. The summed E-state index contributed by atoms with van der Waals surface area (Å²) in [4.78, 5) is 40.0. The number of aromatic hydroxyl groups is 1. The van der Waals surface area contributed by atoms with Crippen molar-refractivity contribution in [3.8, 4) is 5.75 Å². The predicted molar refractivity (Wildman–Crippen MR) is 114 cm³/mol. The third kappa shape index (κ3) is 3.97. The second kappa shape index (κ2) is 9.11. The van der Waals surface area contributed by atoms with Crippen molar-refractivity contribution in [2.45, 2.75) is 44.3 Å². The van der Waals surface area contributed by atoms with Gasteiger partial charge >= 0.3 is 0 Å². The number of pyridine rings is 1. The first kappa shape index (κ1) is 23.2. The highest BCUT2D eigenvalue weighted by atomic mass is 35.5. The highest BCUT2D eigenvalue weighted by Gasteiger charge is 2.42. The number of aliphatic hydroxyl groups is 1. The van der Waals surface area contributed by atoms with E-state index in [0.29, 0.717) is 12.8 Å². The molecule has 8 nitrogen and oxygen atoms in total. The van der Waals surface area contributed by atoms with Crippen molar-refractivity contribution in [1.29, 1.82) is 0 Å². The summed E-state index contributed by atoms with van der Waals surface area (Å²) in [6.45, 7) is -0.562. The van der Waals surface area contributed by atoms with Crippen LogP contribution in [0.2, 0.25) is 5.02 Å². The minimum atomic E-state index is -1.04. The van der Waals surface area contributed by atoms with Crippen LogP contribution in [0, 0.1) is 11.6 Å². The fourth-order valence-electron chi connectivity index (χ4n) is 4.67. The van der Waals surface area contributed by atoms with E-state index in [1.807, 2.05) is 0 Å². The van der Waals surface area contributed by atoms with Gasteiger partial charge in [0.15, 0.2) is 11.4 Å². The van der Waals surface area contributed by atoms with Crippen LogP contribution in [-0.2, 0) is 6.54 Å². The second-order valence-electron chi connectivity index (χ2n) is 8.13. The molecule has 2 amide bonds. The first-order valence-corrected chi connectivity index (χ1v) is 10.9. The molecule has 1 aliphatic carbocycles. The maximum Gasteiger partial charge on any atom is 0.274 e. The summed E-state index contributed by atoms with van der Waals surface area (Å²) < 4.78 is 28.9. The van der Waals surface area contributed by atoms with Crippen LogP contribution in [0.5, 0.6) is 5.75 Å². The Kier molecular flexibility index (Phi) is 6.40. The van der Waals surface area contributed by atoms with Gasteiger partial charge in [0.2, 0.25) is 5.43 Å². The molecule has 3 N–H and O–H groups in total. The molecule has 2 aromatic rings. The Morgan fingerprint density at radius 3 is 2.58 bits per heavy atom. The molecule has 176 valence electrons. The maximum atomic E-state index is 14.1. The molecular formula is C22H22ClF2N3O5. The third-order valence-electron chi connectivity index (χ3n) is 6.27. The highest BCUT2D eigenvalue weighted by Crippen LogP contribution is 2.39. The minimum Gasteiger partial charge on any atom is -0.503 e. The average molecular weight is 482 g/mol. The zero-order valence-corrected chi connectivity index (χ0v) is 18.2. The van der Waals surface area contributed by atoms with Gasteiger partial charge in [-0.05, 0) is 18.9 Å². The zero-order chi connectivity index (χ0) is 23.9. The van der Waals surface area contributed by atoms with Crippen LogP contribution < -0.4 is 10.7 Å². The minimum absolute atomic E-state index is 0.0711. The molecule has 11 heteroatoms. The van der Waals surface area contributed by atoms with Crippen LogP contribution in [0.4, 0.5) is 8.78 Å². The number of hydrogen-bond acceptors (Lipinski definition) is 5. The largest absolute Gasteiger partial charge is 0.503 e. The summed E-state index contributed by atoms with van der Waals surface area (Å²) in [6, 6.07) is 1.57. The van der Waals surface area contributed by atoms with Gasteiger partial charge in [-0.15, -0.1) is 0 Å². The van der Waals surface area contributed by atoms with Gasteiger partial charge in [0.05, 0.1) is 18.7 Å². The first-order chi connectivity index (χ1) is 15.8. The fraction of sp³-hybridized carbons (Fsp3) is 0.409. The number of β-amino-alcohol motifs (C(OH)–C–C–N with tert-alkyl or cyclic N) is 1. The van der Waals surface area contributed by atoms with Crippen LogP contribution in [0.3, 0.4) is 0 Å². The van der Waals surface area contributed by atoms with Crippen molar-refractivity contribution in [3.05, 3.63) is 62.0 Å². The number of amides is 2. The Bertz CT molecular complexity index is 1190. The number of nitrogens with one attached hydrogen (secondary N) is 1. The van der Waals surface area contributed by atoms with Crippen molar-refractivity contribution in [1.82, 2.24) is 14.8 Å². The Balaban J connectivity index is 1.68. The summed E-state index contributed by atoms with van der Waals surface area (Å²) in [5.41, 5.74) is -1.75. The van der Waals surface area contributed by atoms with Crippen molar-refractivity contribution in [3.63, 3.8) is 0 Å². The molecule has 0 spiro atoms. The molecule has 1 aliphatic heterocycles. The summed E-state index contributed by atoms with van der Waals surface area (Å²) in [6.07, 6.45) is 4.35. The lowest BCUT2D eigenvalue weighted by atomic mass is 9.86. The lowest BCUT2D eigenvalue weighted by Gasteiger charge is -2.45. The van der Waals surface area contributed by atoms with E-state index < -0.39 is 45.2 Å². The molecule has 0 saturated heterocycles. The number of carbonyl (C=O) groups is 2. The van der Waals surface area contributed by atoms with Gasteiger partial charge in [-0.25, -0.2) is 8.78 Å². The van der Waals surface area contributed by atoms with Crippen molar-refractivity contribution in [2.75, 3.05) is 13.2 Å². The Hall–Kier alpha value is -2.98. The SMILES string of the molecule is O=C(NCc1ccc(F)c(Cl)c1F)c1cn2c(c(O)c1=O)C(=O)N(CCO)[C@H]1CCCC[C@@H]12. The smallest absolute Gasteiger partial charge is 0.274 e. The van der Waals surface area contributed by atoms with Gasteiger partial charge in [-0.2, -0.15) is 0 Å². The van der Waals surface area contributed by atoms with Crippen LogP contribution in [0.1, 0.15) is 58.1 Å². The second-order valence-corrected chi connectivity index (χ2v) is 8.51. The number of rotatable bonds is 5. The van der Waals surface area contributed by atoms with E-state index in [1.54, 1.807) is 0 Å². The summed E-state index contributed by atoms with van der Waals surface area (Å²) >= 11 is 5.55. The van der Waals surface area contributed by atoms with Gasteiger partial charge in [0.1, 0.15) is 22.2 Å². The van der Waals surface area contributed by atoms with Gasteiger partial charge in [-0.1, -0.05) is 30.5 Å². The van der Waals surface area contributed by atoms with E-state index in [4.69, 9.17) is 11.6 Å². The van der Waals surface area contributed by atoms with Gasteiger partial charge in [0, 0.05) is 24.8 Å². The Labute approximate surface area is 192 Å². The fourth-order valence-corrected chi connectivity index (χ4v) is 4.85. The molecule has 1 fully saturated rings. The van der Waals surface area contributed by atoms with E-state index >= 15 is 0 Å². The third-order valence-corrected chi connectivity index (χ3v) is 6.61. The van der Waals surface area contributed by atoms with E-state index in [1.165, 1.54) is 15.7 Å². The lowest BCUT2D eigenvalue weighted by Crippen LogP contribution is -2.53. The number of aromatic nitrogens is 1. The molecule has 2 heterocycles. The maximum absolute atomic E-state index is 14.1. The standard InChI is InChI=1S/C22H22ClF2N3O5/c23-16-13(24)6-5-11(17(16)25)9-26-21(32)12-10-28-15-4-2-1-3-14(15)27(7-8-29)22(33)18(28)20(31)19(12)30/h5-6,10,14-15,29,31H,1-4,7-9H2,(H,26,32)/t14-,15-/m0/s1. The van der Waals surface area contributed by atoms with Gasteiger partial charge in [-0.3, -0.25) is 14.4 Å². The van der Waals surface area contributed by atoms with Crippen LogP contribution in [0.15, 0.2) is 23.1 Å². The molecule has 0 unspecified atom stereocenters. The molecule has 1 aromatic carbocycles. The van der Waals surface area contributed by atoms with Gasteiger partial charge < -0.3 is 25.0 Å². The van der Waals surface area contributed by atoms with Crippen LogP contribution in [-0.4, -0.2) is 50.7 Å².